The first kappa shape index (κ1) is 14.3. The Labute approximate surface area is 118 Å². The van der Waals surface area contributed by atoms with Crippen molar-refractivity contribution in [2.45, 2.75) is 37.1 Å². The average molecular weight is 299 g/mol. The Bertz CT molecular complexity index is 622. The van der Waals surface area contributed by atoms with Crippen molar-refractivity contribution in [2.75, 3.05) is 0 Å². The average Bonchev–Trinajstić information content (AvgIpc) is 2.74. The van der Waals surface area contributed by atoms with Crippen LogP contribution in [0.3, 0.4) is 0 Å². The first-order valence-corrected chi connectivity index (χ1v) is 8.00. The van der Waals surface area contributed by atoms with Gasteiger partial charge in [0, 0.05) is 11.1 Å². The molecule has 19 heavy (non-hydrogen) atoms. The van der Waals surface area contributed by atoms with Gasteiger partial charge < -0.3 is 0 Å². The second kappa shape index (κ2) is 5.49. The maximum absolute atomic E-state index is 12.3. The maximum Gasteiger partial charge on any atom is 0.242 e. The summed E-state index contributed by atoms with van der Waals surface area (Å²) in [7, 11) is -3.69. The second-order valence-corrected chi connectivity index (χ2v) is 7.11. The van der Waals surface area contributed by atoms with E-state index in [1.165, 1.54) is 18.2 Å². The molecule has 1 aromatic carbocycles. The number of hydrogen-bond donors (Lipinski definition) is 1. The normalized spacial score (nSPS) is 23.2. The monoisotopic (exact) mass is 298 g/mol. The predicted molar refractivity (Wildman–Crippen MR) is 73.3 cm³/mol. The molecule has 1 aliphatic rings. The molecule has 2 unspecified atom stereocenters. The Hall–Kier alpha value is -1.09. The van der Waals surface area contributed by atoms with E-state index in [-0.39, 0.29) is 16.5 Å². The van der Waals surface area contributed by atoms with E-state index in [0.717, 1.165) is 19.3 Å². The number of nitriles is 1. The zero-order valence-electron chi connectivity index (χ0n) is 10.6. The Balaban J connectivity index is 2.29. The van der Waals surface area contributed by atoms with E-state index >= 15 is 0 Å². The SMILES string of the molecule is CC1CCC(NS(=O)(=O)c2cc(Cl)ccc2C#N)C1. The molecule has 0 heterocycles. The van der Waals surface area contributed by atoms with Gasteiger partial charge in [-0.2, -0.15) is 5.26 Å². The zero-order chi connectivity index (χ0) is 14.0. The van der Waals surface area contributed by atoms with Crippen LogP contribution in [0.25, 0.3) is 0 Å². The Kier molecular flexibility index (Phi) is 4.14. The van der Waals surface area contributed by atoms with Gasteiger partial charge in [0.15, 0.2) is 0 Å². The van der Waals surface area contributed by atoms with E-state index in [4.69, 9.17) is 16.9 Å². The van der Waals surface area contributed by atoms with Gasteiger partial charge in [-0.15, -0.1) is 0 Å². The molecule has 0 saturated heterocycles. The van der Waals surface area contributed by atoms with Crippen LogP contribution in [0.1, 0.15) is 31.7 Å². The van der Waals surface area contributed by atoms with Gasteiger partial charge in [-0.25, -0.2) is 13.1 Å². The van der Waals surface area contributed by atoms with Gasteiger partial charge in [-0.05, 0) is 43.4 Å². The third-order valence-electron chi connectivity index (χ3n) is 3.37. The van der Waals surface area contributed by atoms with Crippen LogP contribution >= 0.6 is 11.6 Å². The molecule has 0 radical (unpaired) electrons. The lowest BCUT2D eigenvalue weighted by molar-refractivity contribution is 0.538. The molecule has 2 rings (SSSR count). The number of sulfonamides is 1. The second-order valence-electron chi connectivity index (χ2n) is 4.99. The van der Waals surface area contributed by atoms with Gasteiger partial charge in [-0.3, -0.25) is 0 Å². The van der Waals surface area contributed by atoms with E-state index in [2.05, 4.69) is 11.6 Å². The molecule has 0 aliphatic heterocycles. The third kappa shape index (κ3) is 3.27. The summed E-state index contributed by atoms with van der Waals surface area (Å²) in [5.41, 5.74) is 0.114. The molecule has 0 aromatic heterocycles. The fraction of sp³-hybridized carbons (Fsp3) is 0.462. The van der Waals surface area contributed by atoms with E-state index in [1.807, 2.05) is 6.07 Å². The minimum Gasteiger partial charge on any atom is -0.208 e. The minimum atomic E-state index is -3.69. The van der Waals surface area contributed by atoms with Crippen LogP contribution in [0.5, 0.6) is 0 Å². The van der Waals surface area contributed by atoms with E-state index < -0.39 is 10.0 Å². The predicted octanol–water partition coefficient (Wildman–Crippen LogP) is 2.68. The summed E-state index contributed by atoms with van der Waals surface area (Å²) >= 11 is 5.82. The number of hydrogen-bond acceptors (Lipinski definition) is 3. The highest BCUT2D eigenvalue weighted by Crippen LogP contribution is 2.27. The van der Waals surface area contributed by atoms with Crippen LogP contribution in [-0.4, -0.2) is 14.5 Å². The summed E-state index contributed by atoms with van der Waals surface area (Å²) in [4.78, 5) is -0.0398. The zero-order valence-corrected chi connectivity index (χ0v) is 12.1. The molecular weight excluding hydrogens is 284 g/mol. The molecule has 0 spiro atoms. The fourth-order valence-corrected chi connectivity index (χ4v) is 4.11. The highest BCUT2D eigenvalue weighted by atomic mass is 35.5. The van der Waals surface area contributed by atoms with E-state index in [0.29, 0.717) is 10.9 Å². The van der Waals surface area contributed by atoms with Crippen LogP contribution in [0.15, 0.2) is 23.1 Å². The van der Waals surface area contributed by atoms with Crippen LogP contribution < -0.4 is 4.72 Å². The maximum atomic E-state index is 12.3. The number of rotatable bonds is 3. The number of nitrogens with zero attached hydrogens (tertiary/aromatic N) is 1. The number of nitrogens with one attached hydrogen (secondary N) is 1. The quantitative estimate of drug-likeness (QED) is 0.932. The Morgan fingerprint density at radius 2 is 2.16 bits per heavy atom. The van der Waals surface area contributed by atoms with Crippen molar-refractivity contribution in [1.29, 1.82) is 5.26 Å². The van der Waals surface area contributed by atoms with Crippen molar-refractivity contribution in [3.8, 4) is 6.07 Å². The first-order chi connectivity index (χ1) is 8.92. The van der Waals surface area contributed by atoms with Crippen molar-refractivity contribution in [3.63, 3.8) is 0 Å². The highest BCUT2D eigenvalue weighted by molar-refractivity contribution is 7.89. The van der Waals surface area contributed by atoms with Gasteiger partial charge in [0.05, 0.1) is 5.56 Å². The Morgan fingerprint density at radius 3 is 2.74 bits per heavy atom. The van der Waals surface area contributed by atoms with Crippen LogP contribution in [0, 0.1) is 17.2 Å². The Morgan fingerprint density at radius 1 is 1.42 bits per heavy atom. The lowest BCUT2D eigenvalue weighted by Crippen LogP contribution is -2.33. The lowest BCUT2D eigenvalue weighted by Gasteiger charge is -2.14. The highest BCUT2D eigenvalue weighted by Gasteiger charge is 2.28. The van der Waals surface area contributed by atoms with Crippen molar-refractivity contribution < 1.29 is 8.42 Å². The third-order valence-corrected chi connectivity index (χ3v) is 5.17. The summed E-state index contributed by atoms with van der Waals surface area (Å²) in [6.45, 7) is 2.11. The first-order valence-electron chi connectivity index (χ1n) is 6.14. The molecule has 2 atom stereocenters. The molecule has 1 fully saturated rings. The molecule has 1 N–H and O–H groups in total. The van der Waals surface area contributed by atoms with Gasteiger partial charge in [-0.1, -0.05) is 18.5 Å². The lowest BCUT2D eigenvalue weighted by atomic mass is 10.1. The van der Waals surface area contributed by atoms with Crippen molar-refractivity contribution >= 4 is 21.6 Å². The molecule has 0 bridgehead atoms. The molecular formula is C13H15ClN2O2S. The standard InChI is InChI=1S/C13H15ClN2O2S/c1-9-2-5-12(6-9)16-19(17,18)13-7-11(14)4-3-10(13)8-15/h3-4,7,9,12,16H,2,5-6H2,1H3. The van der Waals surface area contributed by atoms with Crippen LogP contribution in [0.4, 0.5) is 0 Å². The van der Waals surface area contributed by atoms with Gasteiger partial charge in [0.25, 0.3) is 0 Å². The molecule has 102 valence electrons. The molecule has 1 saturated carbocycles. The van der Waals surface area contributed by atoms with E-state index in [1.54, 1.807) is 0 Å². The van der Waals surface area contributed by atoms with E-state index in [9.17, 15) is 8.42 Å². The summed E-state index contributed by atoms with van der Waals surface area (Å²) < 4.78 is 27.3. The van der Waals surface area contributed by atoms with Gasteiger partial charge >= 0.3 is 0 Å². The number of halogens is 1. The largest absolute Gasteiger partial charge is 0.242 e. The summed E-state index contributed by atoms with van der Waals surface area (Å²) in [5.74, 6) is 0.530. The van der Waals surface area contributed by atoms with Crippen LogP contribution in [0.2, 0.25) is 5.02 Å². The molecule has 0 amide bonds. The molecule has 1 aliphatic carbocycles. The summed E-state index contributed by atoms with van der Waals surface area (Å²) in [6.07, 6.45) is 2.69. The van der Waals surface area contributed by atoms with Crippen molar-refractivity contribution in [1.82, 2.24) is 4.72 Å². The fourth-order valence-electron chi connectivity index (χ4n) is 2.41. The molecule has 6 heteroatoms. The smallest absolute Gasteiger partial charge is 0.208 e. The number of benzene rings is 1. The summed E-state index contributed by atoms with van der Waals surface area (Å²) in [5, 5.41) is 9.30. The van der Waals surface area contributed by atoms with Crippen LogP contribution in [-0.2, 0) is 10.0 Å². The summed E-state index contributed by atoms with van der Waals surface area (Å²) in [6, 6.07) is 6.09. The molecule has 1 aromatic rings. The topological polar surface area (TPSA) is 70.0 Å². The van der Waals surface area contributed by atoms with Gasteiger partial charge in [0.1, 0.15) is 11.0 Å². The van der Waals surface area contributed by atoms with Crippen molar-refractivity contribution in [3.05, 3.63) is 28.8 Å². The minimum absolute atomic E-state index is 0.0398. The van der Waals surface area contributed by atoms with Gasteiger partial charge in [0.2, 0.25) is 10.0 Å². The van der Waals surface area contributed by atoms with Crippen molar-refractivity contribution in [2.24, 2.45) is 5.92 Å². The molecule has 4 nitrogen and oxygen atoms in total.